The van der Waals surface area contributed by atoms with Gasteiger partial charge in [-0.1, -0.05) is 0 Å². The highest BCUT2D eigenvalue weighted by Gasteiger charge is 2.05. The van der Waals surface area contributed by atoms with Gasteiger partial charge in [0.25, 0.3) is 5.69 Å². The molecule has 0 aliphatic rings. The first-order chi connectivity index (χ1) is 9.66. The maximum Gasteiger partial charge on any atom is 0.269 e. The molecule has 104 valence electrons. The number of aromatic nitrogens is 1. The molecular formula is C14H15N3O3. The van der Waals surface area contributed by atoms with E-state index in [1.165, 1.54) is 12.1 Å². The van der Waals surface area contributed by atoms with E-state index in [9.17, 15) is 10.1 Å². The molecule has 0 radical (unpaired) electrons. The Kier molecular flexibility index (Phi) is 4.49. The summed E-state index contributed by atoms with van der Waals surface area (Å²) in [6.07, 6.45) is 3.48. The smallest absolute Gasteiger partial charge is 0.269 e. The van der Waals surface area contributed by atoms with E-state index >= 15 is 0 Å². The molecule has 0 aliphatic carbocycles. The predicted molar refractivity (Wildman–Crippen MR) is 76.1 cm³/mol. The lowest BCUT2D eigenvalue weighted by Gasteiger charge is -2.19. The van der Waals surface area contributed by atoms with Crippen LogP contribution in [0.1, 0.15) is 0 Å². The molecule has 1 aromatic heterocycles. The van der Waals surface area contributed by atoms with Gasteiger partial charge in [0.1, 0.15) is 12.4 Å². The van der Waals surface area contributed by atoms with Crippen molar-refractivity contribution in [3.05, 3.63) is 58.9 Å². The van der Waals surface area contributed by atoms with E-state index in [0.29, 0.717) is 18.9 Å². The van der Waals surface area contributed by atoms with E-state index in [4.69, 9.17) is 4.74 Å². The standard InChI is InChI=1S/C14H15N3O3/c1-16(12-6-8-15-9-7-12)10-11-20-14-4-2-13(3-5-14)17(18)19/h2-9H,10-11H2,1H3. The van der Waals surface area contributed by atoms with Crippen LogP contribution in [-0.4, -0.2) is 30.1 Å². The van der Waals surface area contributed by atoms with Crippen molar-refractivity contribution in [1.82, 2.24) is 4.98 Å². The van der Waals surface area contributed by atoms with Crippen LogP contribution < -0.4 is 9.64 Å². The van der Waals surface area contributed by atoms with Crippen molar-refractivity contribution in [2.75, 3.05) is 25.1 Å². The average molecular weight is 273 g/mol. The van der Waals surface area contributed by atoms with Crippen molar-refractivity contribution >= 4 is 11.4 Å². The van der Waals surface area contributed by atoms with Gasteiger partial charge >= 0.3 is 0 Å². The predicted octanol–water partition coefficient (Wildman–Crippen LogP) is 2.51. The minimum Gasteiger partial charge on any atom is -0.492 e. The number of nitrogens with zero attached hydrogens (tertiary/aromatic N) is 3. The van der Waals surface area contributed by atoms with Crippen molar-refractivity contribution < 1.29 is 9.66 Å². The second-order valence-electron chi connectivity index (χ2n) is 4.23. The molecule has 6 heteroatoms. The maximum atomic E-state index is 10.5. The fraction of sp³-hybridized carbons (Fsp3) is 0.214. The average Bonchev–Trinajstić information content (AvgIpc) is 2.48. The van der Waals surface area contributed by atoms with Crippen LogP contribution in [0.4, 0.5) is 11.4 Å². The van der Waals surface area contributed by atoms with Gasteiger partial charge in [-0.25, -0.2) is 0 Å². The third-order valence-corrected chi connectivity index (χ3v) is 2.85. The lowest BCUT2D eigenvalue weighted by Crippen LogP contribution is -2.23. The summed E-state index contributed by atoms with van der Waals surface area (Å²) >= 11 is 0. The summed E-state index contributed by atoms with van der Waals surface area (Å²) in [7, 11) is 1.97. The molecule has 0 aliphatic heterocycles. The second kappa shape index (κ2) is 6.51. The maximum absolute atomic E-state index is 10.5. The van der Waals surface area contributed by atoms with Gasteiger partial charge in [-0.3, -0.25) is 15.1 Å². The summed E-state index contributed by atoms with van der Waals surface area (Å²) < 4.78 is 5.55. The molecule has 0 amide bonds. The Hall–Kier alpha value is -2.63. The molecule has 2 rings (SSSR count). The zero-order chi connectivity index (χ0) is 14.4. The first-order valence-electron chi connectivity index (χ1n) is 6.15. The molecule has 0 saturated carbocycles. The zero-order valence-electron chi connectivity index (χ0n) is 11.1. The molecule has 0 saturated heterocycles. The Morgan fingerprint density at radius 2 is 1.85 bits per heavy atom. The van der Waals surface area contributed by atoms with Gasteiger partial charge in [0.05, 0.1) is 11.5 Å². The van der Waals surface area contributed by atoms with E-state index in [0.717, 1.165) is 5.69 Å². The molecule has 1 aromatic carbocycles. The number of pyridine rings is 1. The van der Waals surface area contributed by atoms with E-state index in [1.54, 1.807) is 24.5 Å². The number of anilines is 1. The molecule has 2 aromatic rings. The topological polar surface area (TPSA) is 68.5 Å². The molecule has 0 N–H and O–H groups in total. The number of hydrogen-bond acceptors (Lipinski definition) is 5. The second-order valence-corrected chi connectivity index (χ2v) is 4.23. The Morgan fingerprint density at radius 1 is 1.20 bits per heavy atom. The Bertz CT molecular complexity index is 558. The van der Waals surface area contributed by atoms with Gasteiger partial charge in [-0.05, 0) is 24.3 Å². The summed E-state index contributed by atoms with van der Waals surface area (Å²) in [5.74, 6) is 0.624. The van der Waals surface area contributed by atoms with E-state index < -0.39 is 4.92 Å². The van der Waals surface area contributed by atoms with E-state index in [2.05, 4.69) is 4.98 Å². The van der Waals surface area contributed by atoms with Crippen LogP contribution in [0, 0.1) is 10.1 Å². The summed E-state index contributed by atoms with van der Waals surface area (Å²) in [6.45, 7) is 1.21. The molecule has 0 unspecified atom stereocenters. The van der Waals surface area contributed by atoms with Crippen molar-refractivity contribution in [2.24, 2.45) is 0 Å². The van der Waals surface area contributed by atoms with Crippen molar-refractivity contribution in [3.63, 3.8) is 0 Å². The van der Waals surface area contributed by atoms with Gasteiger partial charge in [0, 0.05) is 37.3 Å². The number of nitro benzene ring substituents is 1. The molecule has 0 bridgehead atoms. The van der Waals surface area contributed by atoms with Crippen LogP contribution in [0.5, 0.6) is 5.75 Å². The van der Waals surface area contributed by atoms with Gasteiger partial charge in [0.2, 0.25) is 0 Å². The fourth-order valence-corrected chi connectivity index (χ4v) is 1.69. The molecule has 1 heterocycles. The van der Waals surface area contributed by atoms with Crippen LogP contribution in [-0.2, 0) is 0 Å². The largest absolute Gasteiger partial charge is 0.492 e. The highest BCUT2D eigenvalue weighted by molar-refractivity contribution is 5.43. The molecule has 0 fully saturated rings. The van der Waals surface area contributed by atoms with Crippen LogP contribution in [0.3, 0.4) is 0 Å². The molecule has 20 heavy (non-hydrogen) atoms. The zero-order valence-corrected chi connectivity index (χ0v) is 11.1. The fourth-order valence-electron chi connectivity index (χ4n) is 1.69. The van der Waals surface area contributed by atoms with Gasteiger partial charge < -0.3 is 9.64 Å². The lowest BCUT2D eigenvalue weighted by atomic mass is 10.3. The normalized spacial score (nSPS) is 10.1. The monoisotopic (exact) mass is 273 g/mol. The van der Waals surface area contributed by atoms with Crippen LogP contribution >= 0.6 is 0 Å². The first kappa shape index (κ1) is 13.8. The summed E-state index contributed by atoms with van der Waals surface area (Å²) in [5.41, 5.74) is 1.12. The van der Waals surface area contributed by atoms with Gasteiger partial charge in [-0.15, -0.1) is 0 Å². The highest BCUT2D eigenvalue weighted by atomic mass is 16.6. The number of non-ortho nitro benzene ring substituents is 1. The first-order valence-corrected chi connectivity index (χ1v) is 6.15. The number of ether oxygens (including phenoxy) is 1. The molecule has 0 spiro atoms. The molecule has 0 atom stereocenters. The summed E-state index contributed by atoms with van der Waals surface area (Å²) in [4.78, 5) is 16.1. The van der Waals surface area contributed by atoms with Crippen LogP contribution in [0.2, 0.25) is 0 Å². The van der Waals surface area contributed by atoms with Crippen molar-refractivity contribution in [2.45, 2.75) is 0 Å². The number of nitro groups is 1. The van der Waals surface area contributed by atoms with E-state index in [1.807, 2.05) is 24.1 Å². The Balaban J connectivity index is 1.82. The van der Waals surface area contributed by atoms with Gasteiger partial charge in [0.15, 0.2) is 0 Å². The minimum absolute atomic E-state index is 0.0613. The number of hydrogen-bond donors (Lipinski definition) is 0. The Labute approximate surface area is 116 Å². The highest BCUT2D eigenvalue weighted by Crippen LogP contribution is 2.17. The summed E-state index contributed by atoms with van der Waals surface area (Å²) in [6, 6.07) is 9.91. The molecule has 6 nitrogen and oxygen atoms in total. The van der Waals surface area contributed by atoms with Crippen LogP contribution in [0.25, 0.3) is 0 Å². The lowest BCUT2D eigenvalue weighted by molar-refractivity contribution is -0.384. The van der Waals surface area contributed by atoms with Crippen molar-refractivity contribution in [3.8, 4) is 5.75 Å². The third kappa shape index (κ3) is 3.68. The SMILES string of the molecule is CN(CCOc1ccc([N+](=O)[O-])cc1)c1ccncc1. The van der Waals surface area contributed by atoms with Crippen LogP contribution in [0.15, 0.2) is 48.8 Å². The minimum atomic E-state index is -0.430. The van der Waals surface area contributed by atoms with Gasteiger partial charge in [-0.2, -0.15) is 0 Å². The third-order valence-electron chi connectivity index (χ3n) is 2.85. The summed E-state index contributed by atoms with van der Waals surface area (Å²) in [5, 5.41) is 10.5. The quantitative estimate of drug-likeness (QED) is 0.597. The number of benzene rings is 1. The number of rotatable bonds is 6. The number of likely N-dealkylation sites (N-methyl/N-ethyl adjacent to an activating group) is 1. The van der Waals surface area contributed by atoms with E-state index in [-0.39, 0.29) is 5.69 Å². The molecular weight excluding hydrogens is 258 g/mol. The van der Waals surface area contributed by atoms with Crippen molar-refractivity contribution in [1.29, 1.82) is 0 Å². The Morgan fingerprint density at radius 3 is 2.45 bits per heavy atom.